The molecule has 2 heterocycles. The van der Waals surface area contributed by atoms with Gasteiger partial charge in [0.15, 0.2) is 0 Å². The van der Waals surface area contributed by atoms with Crippen molar-refractivity contribution in [2.75, 3.05) is 32.8 Å². The number of rotatable bonds is 13. The molecule has 8 nitrogen and oxygen atoms in total. The number of hydrogen-bond acceptors (Lipinski definition) is 6. The van der Waals surface area contributed by atoms with E-state index < -0.39 is 35.7 Å². The molecule has 2 aromatic carbocycles. The third kappa shape index (κ3) is 8.28. The molecule has 5 atom stereocenters. The number of likely N-dealkylation sites (tertiary alicyclic amines) is 1. The molecular formula is C29H37F2N3O5. The number of nitrogens with zero attached hydrogens (tertiary/aromatic N) is 1. The van der Waals surface area contributed by atoms with Crippen LogP contribution in [-0.4, -0.2) is 79.0 Å². The van der Waals surface area contributed by atoms with Crippen molar-refractivity contribution in [1.29, 1.82) is 0 Å². The van der Waals surface area contributed by atoms with E-state index in [0.717, 1.165) is 11.6 Å². The Bertz CT molecular complexity index is 1090. The van der Waals surface area contributed by atoms with Gasteiger partial charge in [-0.1, -0.05) is 30.3 Å². The standard InChI is InChI=1S/C29H37F2N3O5/c1-2-38-9-8-34-17-21(13-27(34)35)29(37)33-26(12-20-10-22(30)14-23(31)11-20)28(36)25-15-24(16-32-25)39-18-19-6-4-3-5-7-19/h3-7,10-11,14,21,24-26,28,32,36H,2,8-9,12-13,15-18H2,1H3,(H,33,37)/t21?,24-,25-,26+,28-/m1/s1. The van der Waals surface area contributed by atoms with Gasteiger partial charge in [0.25, 0.3) is 0 Å². The molecule has 2 aliphatic heterocycles. The van der Waals surface area contributed by atoms with Gasteiger partial charge in [0, 0.05) is 44.8 Å². The van der Waals surface area contributed by atoms with Crippen molar-refractivity contribution in [3.8, 4) is 0 Å². The summed E-state index contributed by atoms with van der Waals surface area (Å²) in [5, 5.41) is 17.5. The number of carbonyl (C=O) groups excluding carboxylic acids is 2. The van der Waals surface area contributed by atoms with Crippen LogP contribution in [0.4, 0.5) is 8.78 Å². The summed E-state index contributed by atoms with van der Waals surface area (Å²) >= 11 is 0. The lowest BCUT2D eigenvalue weighted by atomic mass is 9.94. The van der Waals surface area contributed by atoms with E-state index in [1.807, 2.05) is 37.3 Å². The highest BCUT2D eigenvalue weighted by Gasteiger charge is 2.39. The molecule has 0 aliphatic carbocycles. The molecule has 2 amide bonds. The predicted octanol–water partition coefficient (Wildman–Crippen LogP) is 2.19. The van der Waals surface area contributed by atoms with Crippen molar-refractivity contribution in [3.63, 3.8) is 0 Å². The van der Waals surface area contributed by atoms with Crippen LogP contribution in [0.25, 0.3) is 0 Å². The van der Waals surface area contributed by atoms with Crippen LogP contribution < -0.4 is 10.6 Å². The molecule has 2 saturated heterocycles. The predicted molar refractivity (Wildman–Crippen MR) is 141 cm³/mol. The lowest BCUT2D eigenvalue weighted by Gasteiger charge is -2.29. The van der Waals surface area contributed by atoms with E-state index in [9.17, 15) is 23.5 Å². The van der Waals surface area contributed by atoms with Crippen molar-refractivity contribution < 1.29 is 33.0 Å². The Morgan fingerprint density at radius 1 is 1.18 bits per heavy atom. The van der Waals surface area contributed by atoms with Crippen molar-refractivity contribution >= 4 is 11.8 Å². The molecule has 2 fully saturated rings. The molecular weight excluding hydrogens is 508 g/mol. The Morgan fingerprint density at radius 3 is 2.64 bits per heavy atom. The number of amides is 2. The second-order valence-corrected chi connectivity index (χ2v) is 10.2. The summed E-state index contributed by atoms with van der Waals surface area (Å²) in [6.07, 6.45) is -0.613. The van der Waals surface area contributed by atoms with Crippen molar-refractivity contribution in [2.45, 2.75) is 57.1 Å². The highest BCUT2D eigenvalue weighted by molar-refractivity contribution is 5.89. The van der Waals surface area contributed by atoms with E-state index in [0.29, 0.717) is 44.9 Å². The van der Waals surface area contributed by atoms with Crippen molar-refractivity contribution in [1.82, 2.24) is 15.5 Å². The molecule has 39 heavy (non-hydrogen) atoms. The minimum atomic E-state index is -1.06. The molecule has 2 aliphatic rings. The van der Waals surface area contributed by atoms with Gasteiger partial charge in [-0.2, -0.15) is 0 Å². The molecule has 212 valence electrons. The van der Waals surface area contributed by atoms with Crippen LogP contribution in [-0.2, 0) is 32.1 Å². The number of benzene rings is 2. The number of nitrogens with one attached hydrogen (secondary N) is 2. The fourth-order valence-corrected chi connectivity index (χ4v) is 5.21. The molecule has 4 rings (SSSR count). The maximum absolute atomic E-state index is 13.9. The second kappa shape index (κ2) is 13.9. The summed E-state index contributed by atoms with van der Waals surface area (Å²) in [4.78, 5) is 27.2. The van der Waals surface area contributed by atoms with E-state index >= 15 is 0 Å². The number of halogens is 2. The lowest BCUT2D eigenvalue weighted by molar-refractivity contribution is -0.129. The second-order valence-electron chi connectivity index (χ2n) is 10.2. The van der Waals surface area contributed by atoms with Gasteiger partial charge >= 0.3 is 0 Å². The number of aliphatic hydroxyl groups excluding tert-OH is 1. The van der Waals surface area contributed by atoms with Gasteiger partial charge in [-0.05, 0) is 43.0 Å². The first-order valence-electron chi connectivity index (χ1n) is 13.5. The maximum Gasteiger partial charge on any atom is 0.225 e. The van der Waals surface area contributed by atoms with Crippen LogP contribution in [0.5, 0.6) is 0 Å². The third-order valence-corrected chi connectivity index (χ3v) is 7.28. The van der Waals surface area contributed by atoms with Gasteiger partial charge in [0.05, 0.1) is 37.4 Å². The average Bonchev–Trinajstić information content (AvgIpc) is 3.54. The van der Waals surface area contributed by atoms with E-state index in [1.165, 1.54) is 12.1 Å². The van der Waals surface area contributed by atoms with Crippen LogP contribution in [0.3, 0.4) is 0 Å². The summed E-state index contributed by atoms with van der Waals surface area (Å²) in [5.41, 5.74) is 1.36. The van der Waals surface area contributed by atoms with Crippen LogP contribution in [0.15, 0.2) is 48.5 Å². The first-order valence-corrected chi connectivity index (χ1v) is 13.5. The van der Waals surface area contributed by atoms with E-state index in [4.69, 9.17) is 9.47 Å². The van der Waals surface area contributed by atoms with Crippen LogP contribution in [0.1, 0.15) is 30.9 Å². The Kier molecular flexibility index (Phi) is 10.4. The fraction of sp³-hybridized carbons (Fsp3) is 0.517. The Morgan fingerprint density at radius 2 is 1.92 bits per heavy atom. The molecule has 2 aromatic rings. The van der Waals surface area contributed by atoms with Gasteiger partial charge in [-0.15, -0.1) is 0 Å². The fourth-order valence-electron chi connectivity index (χ4n) is 5.21. The Hall–Kier alpha value is -2.92. The van der Waals surface area contributed by atoms with E-state index in [1.54, 1.807) is 4.90 Å². The first-order chi connectivity index (χ1) is 18.8. The summed E-state index contributed by atoms with van der Waals surface area (Å²) < 4.78 is 39.1. The van der Waals surface area contributed by atoms with Crippen LogP contribution in [0, 0.1) is 17.6 Å². The molecule has 0 radical (unpaired) electrons. The smallest absolute Gasteiger partial charge is 0.225 e. The van der Waals surface area contributed by atoms with Crippen LogP contribution in [0.2, 0.25) is 0 Å². The highest BCUT2D eigenvalue weighted by Crippen LogP contribution is 2.22. The molecule has 0 aromatic heterocycles. The zero-order valence-electron chi connectivity index (χ0n) is 22.2. The zero-order chi connectivity index (χ0) is 27.8. The number of hydrogen-bond donors (Lipinski definition) is 3. The van der Waals surface area contributed by atoms with Gasteiger partial charge in [0.2, 0.25) is 11.8 Å². The molecule has 3 N–H and O–H groups in total. The minimum absolute atomic E-state index is 0.0179. The van der Waals surface area contributed by atoms with Crippen molar-refractivity contribution in [2.24, 2.45) is 5.92 Å². The Labute approximate surface area is 227 Å². The van der Waals surface area contributed by atoms with Gasteiger partial charge in [-0.25, -0.2) is 8.78 Å². The lowest BCUT2D eigenvalue weighted by Crippen LogP contribution is -2.53. The SMILES string of the molecule is CCOCCN1CC(C(=O)N[C@@H](Cc2cc(F)cc(F)c2)[C@H](O)[C@H]2C[C@@H](OCc3ccccc3)CN2)CC1=O. The summed E-state index contributed by atoms with van der Waals surface area (Å²) in [6, 6.07) is 11.7. The molecule has 0 saturated carbocycles. The summed E-state index contributed by atoms with van der Waals surface area (Å²) in [5.74, 6) is -2.56. The monoisotopic (exact) mass is 545 g/mol. The Balaban J connectivity index is 1.40. The summed E-state index contributed by atoms with van der Waals surface area (Å²) in [6.45, 7) is 4.43. The normalized spacial score (nSPS) is 22.7. The number of carbonyl (C=O) groups is 2. The van der Waals surface area contributed by atoms with Gasteiger partial charge in [0.1, 0.15) is 11.6 Å². The number of aliphatic hydroxyl groups is 1. The first kappa shape index (κ1) is 29.1. The van der Waals surface area contributed by atoms with E-state index in [-0.39, 0.29) is 37.3 Å². The molecule has 0 bridgehead atoms. The topological polar surface area (TPSA) is 100 Å². The van der Waals surface area contributed by atoms with Crippen LogP contribution >= 0.6 is 0 Å². The molecule has 0 spiro atoms. The van der Waals surface area contributed by atoms with Gasteiger partial charge < -0.3 is 30.1 Å². The van der Waals surface area contributed by atoms with E-state index in [2.05, 4.69) is 10.6 Å². The average molecular weight is 546 g/mol. The third-order valence-electron chi connectivity index (χ3n) is 7.28. The molecule has 10 heteroatoms. The summed E-state index contributed by atoms with van der Waals surface area (Å²) in [7, 11) is 0. The maximum atomic E-state index is 13.9. The highest BCUT2D eigenvalue weighted by atomic mass is 19.1. The molecule has 1 unspecified atom stereocenters. The largest absolute Gasteiger partial charge is 0.389 e. The minimum Gasteiger partial charge on any atom is -0.389 e. The zero-order valence-corrected chi connectivity index (χ0v) is 22.2. The van der Waals surface area contributed by atoms with Gasteiger partial charge in [-0.3, -0.25) is 9.59 Å². The quantitative estimate of drug-likeness (QED) is 0.334. The number of ether oxygens (including phenoxy) is 2. The van der Waals surface area contributed by atoms with Crippen molar-refractivity contribution in [3.05, 3.63) is 71.3 Å².